The van der Waals surface area contributed by atoms with Crippen LogP contribution in [-0.4, -0.2) is 32.1 Å². The van der Waals surface area contributed by atoms with Gasteiger partial charge in [-0.1, -0.05) is 18.2 Å². The first kappa shape index (κ1) is 25.4. The highest BCUT2D eigenvalue weighted by Gasteiger charge is 2.15. The summed E-state index contributed by atoms with van der Waals surface area (Å²) in [7, 11) is 1.41. The number of guanidine groups is 1. The third-order valence-electron chi connectivity index (χ3n) is 3.58. The van der Waals surface area contributed by atoms with Gasteiger partial charge in [-0.25, -0.2) is 13.2 Å². The van der Waals surface area contributed by atoms with Gasteiger partial charge in [0.15, 0.2) is 23.4 Å². The van der Waals surface area contributed by atoms with E-state index in [-0.39, 0.29) is 48.8 Å². The molecule has 2 aromatic carbocycles. The smallest absolute Gasteiger partial charge is 0.387 e. The van der Waals surface area contributed by atoms with Gasteiger partial charge in [-0.05, 0) is 18.2 Å². The summed E-state index contributed by atoms with van der Waals surface area (Å²) >= 11 is 0. The van der Waals surface area contributed by atoms with Gasteiger partial charge in [0.2, 0.25) is 5.91 Å². The van der Waals surface area contributed by atoms with E-state index in [9.17, 15) is 26.7 Å². The normalized spacial score (nSPS) is 11.0. The number of anilines is 1. The van der Waals surface area contributed by atoms with Gasteiger partial charge in [-0.3, -0.25) is 9.79 Å². The maximum Gasteiger partial charge on any atom is 0.387 e. The maximum atomic E-state index is 13.6. The minimum atomic E-state index is -2.98. The zero-order valence-corrected chi connectivity index (χ0v) is 17.8. The lowest BCUT2D eigenvalue weighted by molar-refractivity contribution is -0.115. The minimum absolute atomic E-state index is 0. The third-order valence-corrected chi connectivity index (χ3v) is 3.58. The standard InChI is InChI=1S/C18H17F5N4O2.HI/c1-24-18(25-8-10-4-2-3-5-13(10)29-17(22)23)26-9-14(28)27-12-7-6-11(19)15(20)16(12)21;/h2-7,17H,8-9H2,1H3,(H,27,28)(H2,24,25,26);1H. The topological polar surface area (TPSA) is 74.8 Å². The van der Waals surface area contributed by atoms with Crippen LogP contribution < -0.4 is 20.7 Å². The van der Waals surface area contributed by atoms with Crippen LogP contribution in [0, 0.1) is 17.5 Å². The van der Waals surface area contributed by atoms with Gasteiger partial charge < -0.3 is 20.7 Å². The van der Waals surface area contributed by atoms with Crippen molar-refractivity contribution in [2.24, 2.45) is 4.99 Å². The number of para-hydroxylation sites is 1. The average Bonchev–Trinajstić information content (AvgIpc) is 2.69. The van der Waals surface area contributed by atoms with Crippen LogP contribution in [-0.2, 0) is 11.3 Å². The average molecular weight is 544 g/mol. The Balaban J connectivity index is 0.00000450. The SMILES string of the molecule is CN=C(NCC(=O)Nc1ccc(F)c(F)c1F)NCc1ccccc1OC(F)F.I. The molecule has 0 saturated carbocycles. The Morgan fingerprint density at radius 2 is 1.77 bits per heavy atom. The Labute approximate surface area is 185 Å². The number of rotatable bonds is 7. The van der Waals surface area contributed by atoms with Crippen molar-refractivity contribution in [2.75, 3.05) is 18.9 Å². The van der Waals surface area contributed by atoms with Crippen molar-refractivity contribution in [3.05, 3.63) is 59.4 Å². The lowest BCUT2D eigenvalue weighted by Crippen LogP contribution is -2.41. The Bertz CT molecular complexity index is 899. The molecule has 1 amide bonds. The molecule has 0 bridgehead atoms. The van der Waals surface area contributed by atoms with E-state index < -0.39 is 35.7 Å². The molecule has 0 unspecified atom stereocenters. The molecule has 0 spiro atoms. The number of ether oxygens (including phenoxy) is 1. The van der Waals surface area contributed by atoms with E-state index in [1.54, 1.807) is 12.1 Å². The second-order valence-electron chi connectivity index (χ2n) is 5.54. The predicted octanol–water partition coefficient (Wildman–Crippen LogP) is 3.63. The van der Waals surface area contributed by atoms with Crippen molar-refractivity contribution < 1.29 is 31.5 Å². The van der Waals surface area contributed by atoms with Crippen LogP contribution in [0.15, 0.2) is 41.4 Å². The molecule has 0 radical (unpaired) electrons. The molecule has 0 heterocycles. The Morgan fingerprint density at radius 3 is 2.43 bits per heavy atom. The van der Waals surface area contributed by atoms with Crippen molar-refractivity contribution in [2.45, 2.75) is 13.2 Å². The highest BCUT2D eigenvalue weighted by Crippen LogP contribution is 2.20. The van der Waals surface area contributed by atoms with Gasteiger partial charge in [0.1, 0.15) is 5.75 Å². The van der Waals surface area contributed by atoms with E-state index in [2.05, 4.69) is 25.7 Å². The number of nitrogens with one attached hydrogen (secondary N) is 3. The number of hydrogen-bond donors (Lipinski definition) is 3. The molecular formula is C18H18F5IN4O2. The molecule has 0 aliphatic rings. The zero-order valence-electron chi connectivity index (χ0n) is 15.5. The molecule has 0 fully saturated rings. The number of carbonyl (C=O) groups is 1. The first-order chi connectivity index (χ1) is 13.8. The largest absolute Gasteiger partial charge is 0.434 e. The molecule has 0 atom stereocenters. The summed E-state index contributed by atoms with van der Waals surface area (Å²) in [6.45, 7) is -3.30. The Hall–Kier alpha value is -2.64. The number of aliphatic imine (C=N–C) groups is 1. The van der Waals surface area contributed by atoms with E-state index in [0.29, 0.717) is 11.6 Å². The van der Waals surface area contributed by atoms with E-state index in [4.69, 9.17) is 0 Å². The summed E-state index contributed by atoms with van der Waals surface area (Å²) in [4.78, 5) is 15.7. The van der Waals surface area contributed by atoms with Crippen molar-refractivity contribution in [1.29, 1.82) is 0 Å². The van der Waals surface area contributed by atoms with Crippen LogP contribution >= 0.6 is 24.0 Å². The molecule has 0 saturated heterocycles. The molecule has 0 aliphatic heterocycles. The van der Waals surface area contributed by atoms with Crippen LogP contribution in [0.1, 0.15) is 5.56 Å². The Kier molecular flexibility index (Phi) is 10.3. The van der Waals surface area contributed by atoms with E-state index in [0.717, 1.165) is 6.07 Å². The first-order valence-corrected chi connectivity index (χ1v) is 8.22. The summed E-state index contributed by atoms with van der Waals surface area (Å²) in [6, 6.07) is 7.69. The maximum absolute atomic E-state index is 13.6. The molecule has 2 aromatic rings. The van der Waals surface area contributed by atoms with Crippen molar-refractivity contribution in [3.63, 3.8) is 0 Å². The molecule has 30 heavy (non-hydrogen) atoms. The van der Waals surface area contributed by atoms with E-state index in [1.165, 1.54) is 19.2 Å². The number of nitrogens with zero attached hydrogens (tertiary/aromatic N) is 1. The van der Waals surface area contributed by atoms with Gasteiger partial charge >= 0.3 is 6.61 Å². The zero-order chi connectivity index (χ0) is 21.4. The monoisotopic (exact) mass is 544 g/mol. The van der Waals surface area contributed by atoms with Gasteiger partial charge in [0, 0.05) is 19.2 Å². The molecule has 6 nitrogen and oxygen atoms in total. The number of amides is 1. The van der Waals surface area contributed by atoms with Gasteiger partial charge in [0.05, 0.1) is 12.2 Å². The Morgan fingerprint density at radius 1 is 1.07 bits per heavy atom. The third kappa shape index (κ3) is 7.31. The van der Waals surface area contributed by atoms with E-state index >= 15 is 0 Å². The second-order valence-corrected chi connectivity index (χ2v) is 5.54. The van der Waals surface area contributed by atoms with Gasteiger partial charge in [-0.2, -0.15) is 8.78 Å². The fourth-order valence-corrected chi connectivity index (χ4v) is 2.24. The molecule has 0 aromatic heterocycles. The number of hydrogen-bond acceptors (Lipinski definition) is 3. The summed E-state index contributed by atoms with van der Waals surface area (Å²) in [5.41, 5.74) is -0.0965. The first-order valence-electron chi connectivity index (χ1n) is 8.22. The molecular weight excluding hydrogens is 526 g/mol. The van der Waals surface area contributed by atoms with Crippen LogP contribution in [0.5, 0.6) is 5.75 Å². The van der Waals surface area contributed by atoms with Crippen molar-refractivity contribution >= 4 is 41.5 Å². The predicted molar refractivity (Wildman–Crippen MR) is 112 cm³/mol. The number of alkyl halides is 2. The summed E-state index contributed by atoms with van der Waals surface area (Å²) in [5.74, 6) is -5.22. The quantitative estimate of drug-likeness (QED) is 0.164. The highest BCUT2D eigenvalue weighted by molar-refractivity contribution is 14.0. The van der Waals surface area contributed by atoms with Crippen LogP contribution in [0.3, 0.4) is 0 Å². The number of halogens is 6. The molecule has 0 aliphatic carbocycles. The fraction of sp³-hybridized carbons (Fsp3) is 0.222. The van der Waals surface area contributed by atoms with Gasteiger partial charge in [0.25, 0.3) is 0 Å². The second kappa shape index (κ2) is 12.1. The van der Waals surface area contributed by atoms with Crippen LogP contribution in [0.25, 0.3) is 0 Å². The van der Waals surface area contributed by atoms with Crippen LogP contribution in [0.4, 0.5) is 27.6 Å². The summed E-state index contributed by atoms with van der Waals surface area (Å²) in [6.07, 6.45) is 0. The summed E-state index contributed by atoms with van der Waals surface area (Å²) in [5, 5.41) is 7.50. The number of benzene rings is 2. The van der Waals surface area contributed by atoms with Crippen molar-refractivity contribution in [3.8, 4) is 5.75 Å². The van der Waals surface area contributed by atoms with Gasteiger partial charge in [-0.15, -0.1) is 24.0 Å². The summed E-state index contributed by atoms with van der Waals surface area (Å²) < 4.78 is 68.9. The van der Waals surface area contributed by atoms with E-state index in [1.807, 2.05) is 0 Å². The lowest BCUT2D eigenvalue weighted by Gasteiger charge is -2.14. The highest BCUT2D eigenvalue weighted by atomic mass is 127. The number of carbonyl (C=O) groups excluding carboxylic acids is 1. The van der Waals surface area contributed by atoms with Crippen molar-refractivity contribution in [1.82, 2.24) is 10.6 Å². The molecule has 3 N–H and O–H groups in total. The minimum Gasteiger partial charge on any atom is -0.434 e. The lowest BCUT2D eigenvalue weighted by atomic mass is 10.2. The molecule has 164 valence electrons. The fourth-order valence-electron chi connectivity index (χ4n) is 2.24. The van der Waals surface area contributed by atoms with Crippen LogP contribution in [0.2, 0.25) is 0 Å². The molecule has 2 rings (SSSR count). The molecule has 12 heteroatoms.